The number of rotatable bonds is 4. The molecule has 0 bridgehead atoms. The van der Waals surface area contributed by atoms with Gasteiger partial charge in [0, 0.05) is 39.3 Å². The number of aliphatic imine (C=N–C) groups is 1. The second kappa shape index (κ2) is 9.47. The smallest absolute Gasteiger partial charge is 0.191 e. The molecule has 0 unspecified atom stereocenters. The normalized spacial score (nSPS) is 19.1. The Balaban J connectivity index is 0.00000192. The van der Waals surface area contributed by atoms with Crippen molar-refractivity contribution in [3.05, 3.63) is 35.4 Å². The fourth-order valence-corrected chi connectivity index (χ4v) is 3.54. The van der Waals surface area contributed by atoms with E-state index in [-0.39, 0.29) is 24.0 Å². The molecule has 3 rings (SSSR count). The van der Waals surface area contributed by atoms with Crippen molar-refractivity contribution < 1.29 is 0 Å². The van der Waals surface area contributed by atoms with E-state index in [2.05, 4.69) is 44.8 Å². The lowest BCUT2D eigenvalue weighted by Gasteiger charge is -2.29. The summed E-state index contributed by atoms with van der Waals surface area (Å²) < 4.78 is 0. The molecule has 1 aliphatic carbocycles. The van der Waals surface area contributed by atoms with E-state index in [1.807, 2.05) is 7.05 Å². The maximum absolute atomic E-state index is 4.35. The Labute approximate surface area is 157 Å². The third-order valence-corrected chi connectivity index (χ3v) is 4.85. The predicted octanol–water partition coefficient (Wildman–Crippen LogP) is 2.77. The van der Waals surface area contributed by atoms with Crippen molar-refractivity contribution in [2.75, 3.05) is 26.7 Å². The van der Waals surface area contributed by atoms with Crippen molar-refractivity contribution in [1.82, 2.24) is 15.5 Å². The van der Waals surface area contributed by atoms with Crippen LogP contribution in [0.25, 0.3) is 0 Å². The molecule has 4 nitrogen and oxygen atoms in total. The second-order valence-corrected chi connectivity index (χ2v) is 6.42. The molecule has 5 heteroatoms. The highest BCUT2D eigenvalue weighted by atomic mass is 127. The molecule has 0 radical (unpaired) electrons. The summed E-state index contributed by atoms with van der Waals surface area (Å²) in [5.41, 5.74) is 3.01. The summed E-state index contributed by atoms with van der Waals surface area (Å²) in [6.45, 7) is 4.26. The molecule has 128 valence electrons. The van der Waals surface area contributed by atoms with Gasteiger partial charge in [0.2, 0.25) is 0 Å². The maximum Gasteiger partial charge on any atom is 0.191 e. The number of guanidine groups is 1. The van der Waals surface area contributed by atoms with E-state index in [9.17, 15) is 0 Å². The zero-order valence-electron chi connectivity index (χ0n) is 14.1. The number of nitrogens with one attached hydrogen (secondary N) is 2. The van der Waals surface area contributed by atoms with Crippen molar-refractivity contribution in [2.45, 2.75) is 44.7 Å². The highest BCUT2D eigenvalue weighted by Gasteiger charge is 2.17. The minimum atomic E-state index is 0. The van der Waals surface area contributed by atoms with Crippen LogP contribution in [0.5, 0.6) is 0 Å². The Kier molecular flexibility index (Phi) is 7.62. The first-order valence-corrected chi connectivity index (χ1v) is 8.61. The highest BCUT2D eigenvalue weighted by molar-refractivity contribution is 14.0. The third kappa shape index (κ3) is 5.35. The summed E-state index contributed by atoms with van der Waals surface area (Å²) in [5.74, 6) is 0.962. The first-order valence-electron chi connectivity index (χ1n) is 8.61. The largest absolute Gasteiger partial charge is 0.355 e. The Bertz CT molecular complexity index is 511. The minimum Gasteiger partial charge on any atom is -0.355 e. The van der Waals surface area contributed by atoms with Crippen molar-refractivity contribution in [2.24, 2.45) is 4.99 Å². The molecule has 0 spiro atoms. The standard InChI is InChI=1S/C18H28N4.HI/c1-19-18(21-17-8-4-5-9-17)20-11-13-22-12-10-15-6-2-3-7-16(15)14-22;/h2-3,6-7,17H,4-5,8-14H2,1H3,(H2,19,20,21);1H. The molecule has 1 heterocycles. The van der Waals surface area contributed by atoms with Crippen LogP contribution in [0.2, 0.25) is 0 Å². The Hall–Kier alpha value is -0.820. The van der Waals surface area contributed by atoms with Crippen LogP contribution in [0.3, 0.4) is 0 Å². The number of fused-ring (bicyclic) bond motifs is 1. The highest BCUT2D eigenvalue weighted by Crippen LogP contribution is 2.18. The van der Waals surface area contributed by atoms with Crippen LogP contribution in [0, 0.1) is 0 Å². The first-order chi connectivity index (χ1) is 10.8. The maximum atomic E-state index is 4.35. The average Bonchev–Trinajstić information content (AvgIpc) is 3.07. The lowest BCUT2D eigenvalue weighted by Crippen LogP contribution is -2.45. The first kappa shape index (κ1) is 18.5. The molecule has 1 saturated carbocycles. The van der Waals surface area contributed by atoms with E-state index < -0.39 is 0 Å². The average molecular weight is 428 g/mol. The van der Waals surface area contributed by atoms with Gasteiger partial charge < -0.3 is 10.6 Å². The SMILES string of the molecule is CN=C(NCCN1CCc2ccccc2C1)NC1CCCC1.I. The molecule has 1 aromatic rings. The van der Waals surface area contributed by atoms with E-state index >= 15 is 0 Å². The zero-order valence-corrected chi connectivity index (χ0v) is 16.4. The molecular weight excluding hydrogens is 399 g/mol. The Morgan fingerprint density at radius 1 is 1.22 bits per heavy atom. The van der Waals surface area contributed by atoms with Crippen molar-refractivity contribution in [3.63, 3.8) is 0 Å². The van der Waals surface area contributed by atoms with E-state index in [0.29, 0.717) is 6.04 Å². The summed E-state index contributed by atoms with van der Waals surface area (Å²) in [5, 5.41) is 7.00. The molecule has 0 saturated heterocycles. The van der Waals surface area contributed by atoms with Crippen LogP contribution in [0.15, 0.2) is 29.3 Å². The van der Waals surface area contributed by atoms with Gasteiger partial charge >= 0.3 is 0 Å². The third-order valence-electron chi connectivity index (χ3n) is 4.85. The Morgan fingerprint density at radius 3 is 2.70 bits per heavy atom. The monoisotopic (exact) mass is 428 g/mol. The predicted molar refractivity (Wildman–Crippen MR) is 108 cm³/mol. The Morgan fingerprint density at radius 2 is 1.96 bits per heavy atom. The summed E-state index contributed by atoms with van der Waals surface area (Å²) >= 11 is 0. The van der Waals surface area contributed by atoms with Crippen LogP contribution >= 0.6 is 24.0 Å². The molecule has 23 heavy (non-hydrogen) atoms. The van der Waals surface area contributed by atoms with Crippen LogP contribution in [-0.2, 0) is 13.0 Å². The van der Waals surface area contributed by atoms with Crippen molar-refractivity contribution in [3.8, 4) is 0 Å². The summed E-state index contributed by atoms with van der Waals surface area (Å²) in [6.07, 6.45) is 6.43. The van der Waals surface area contributed by atoms with Gasteiger partial charge in [-0.25, -0.2) is 0 Å². The van der Waals surface area contributed by atoms with Gasteiger partial charge in [-0.05, 0) is 30.4 Å². The lowest BCUT2D eigenvalue weighted by molar-refractivity contribution is 0.258. The molecule has 0 atom stereocenters. The van der Waals surface area contributed by atoms with Gasteiger partial charge in [-0.3, -0.25) is 9.89 Å². The molecule has 1 aromatic carbocycles. The molecule has 1 fully saturated rings. The number of halogens is 1. The van der Waals surface area contributed by atoms with E-state index in [1.165, 1.54) is 43.2 Å². The van der Waals surface area contributed by atoms with Crippen LogP contribution < -0.4 is 10.6 Å². The van der Waals surface area contributed by atoms with Gasteiger partial charge in [0.15, 0.2) is 5.96 Å². The van der Waals surface area contributed by atoms with Gasteiger partial charge in [-0.15, -0.1) is 24.0 Å². The summed E-state index contributed by atoms with van der Waals surface area (Å²) in [4.78, 5) is 6.87. The number of benzene rings is 1. The molecule has 0 aromatic heterocycles. The van der Waals surface area contributed by atoms with E-state index in [0.717, 1.165) is 32.1 Å². The topological polar surface area (TPSA) is 39.7 Å². The summed E-state index contributed by atoms with van der Waals surface area (Å²) in [7, 11) is 1.86. The van der Waals surface area contributed by atoms with Gasteiger partial charge in [-0.1, -0.05) is 37.1 Å². The van der Waals surface area contributed by atoms with Gasteiger partial charge in [0.05, 0.1) is 0 Å². The quantitative estimate of drug-likeness (QED) is 0.440. The number of hydrogen-bond donors (Lipinski definition) is 2. The molecule has 1 aliphatic heterocycles. The minimum absolute atomic E-state index is 0. The molecule has 0 amide bonds. The zero-order chi connectivity index (χ0) is 15.2. The van der Waals surface area contributed by atoms with Gasteiger partial charge in [0.1, 0.15) is 0 Å². The lowest BCUT2D eigenvalue weighted by atomic mass is 10.00. The van der Waals surface area contributed by atoms with Crippen molar-refractivity contribution in [1.29, 1.82) is 0 Å². The fraction of sp³-hybridized carbons (Fsp3) is 0.611. The molecule has 2 N–H and O–H groups in total. The van der Waals surface area contributed by atoms with Crippen molar-refractivity contribution >= 4 is 29.9 Å². The van der Waals surface area contributed by atoms with Gasteiger partial charge in [-0.2, -0.15) is 0 Å². The van der Waals surface area contributed by atoms with E-state index in [1.54, 1.807) is 0 Å². The molecule has 2 aliphatic rings. The van der Waals surface area contributed by atoms with Gasteiger partial charge in [0.25, 0.3) is 0 Å². The number of hydrogen-bond acceptors (Lipinski definition) is 2. The van der Waals surface area contributed by atoms with Crippen LogP contribution in [0.4, 0.5) is 0 Å². The molecular formula is C18H29IN4. The number of nitrogens with zero attached hydrogens (tertiary/aromatic N) is 2. The van der Waals surface area contributed by atoms with Crippen LogP contribution in [-0.4, -0.2) is 43.6 Å². The van der Waals surface area contributed by atoms with Crippen LogP contribution in [0.1, 0.15) is 36.8 Å². The fourth-order valence-electron chi connectivity index (χ4n) is 3.54. The summed E-state index contributed by atoms with van der Waals surface area (Å²) in [6, 6.07) is 9.43. The van der Waals surface area contributed by atoms with E-state index in [4.69, 9.17) is 0 Å². The second-order valence-electron chi connectivity index (χ2n) is 6.42.